The van der Waals surface area contributed by atoms with Gasteiger partial charge in [-0.05, 0) is 25.3 Å². The first kappa shape index (κ1) is 15.3. The maximum Gasteiger partial charge on any atom is 0.317 e. The number of carbonyl (C=O) groups excluding carboxylic acids is 1. The lowest BCUT2D eigenvalue weighted by Crippen LogP contribution is -2.52. The standard InChI is InChI=1S/C14H22N4O3/c1-3-14(12(19)20)6-4-8-18(10-14)13(21)15-9-11-5-7-16-17(11)2/h5,7H,3-4,6,8-10H2,1-2H3,(H,15,21)(H,19,20). The van der Waals surface area contributed by atoms with Crippen molar-refractivity contribution < 1.29 is 14.7 Å². The van der Waals surface area contributed by atoms with E-state index in [-0.39, 0.29) is 12.6 Å². The molecule has 0 bridgehead atoms. The Morgan fingerprint density at radius 2 is 2.29 bits per heavy atom. The highest BCUT2D eigenvalue weighted by molar-refractivity contribution is 5.78. The molecule has 0 aromatic carbocycles. The van der Waals surface area contributed by atoms with Gasteiger partial charge >= 0.3 is 12.0 Å². The Morgan fingerprint density at radius 1 is 1.52 bits per heavy atom. The molecule has 0 radical (unpaired) electrons. The molecule has 0 saturated carbocycles. The number of carbonyl (C=O) groups is 2. The molecule has 1 saturated heterocycles. The Balaban J connectivity index is 1.96. The minimum Gasteiger partial charge on any atom is -0.481 e. The van der Waals surface area contributed by atoms with Crippen molar-refractivity contribution >= 4 is 12.0 Å². The van der Waals surface area contributed by atoms with Crippen molar-refractivity contribution in [2.75, 3.05) is 13.1 Å². The minimum atomic E-state index is -0.811. The number of likely N-dealkylation sites (tertiary alicyclic amines) is 1. The molecule has 0 aliphatic carbocycles. The molecule has 1 atom stereocenters. The first-order valence-corrected chi connectivity index (χ1v) is 7.21. The second-order valence-electron chi connectivity index (χ2n) is 5.57. The van der Waals surface area contributed by atoms with Crippen molar-refractivity contribution in [3.8, 4) is 0 Å². The van der Waals surface area contributed by atoms with Crippen molar-refractivity contribution in [1.29, 1.82) is 0 Å². The highest BCUT2D eigenvalue weighted by Crippen LogP contribution is 2.33. The highest BCUT2D eigenvalue weighted by Gasteiger charge is 2.42. The van der Waals surface area contributed by atoms with E-state index in [1.807, 2.05) is 20.0 Å². The normalized spacial score (nSPS) is 22.1. The van der Waals surface area contributed by atoms with Gasteiger partial charge in [0.05, 0.1) is 17.7 Å². The number of carboxylic acids is 1. The van der Waals surface area contributed by atoms with Crippen LogP contribution in [0.25, 0.3) is 0 Å². The number of nitrogens with zero attached hydrogens (tertiary/aromatic N) is 3. The van der Waals surface area contributed by atoms with Crippen molar-refractivity contribution in [1.82, 2.24) is 20.0 Å². The van der Waals surface area contributed by atoms with Gasteiger partial charge in [0.2, 0.25) is 0 Å². The van der Waals surface area contributed by atoms with Crippen molar-refractivity contribution in [3.63, 3.8) is 0 Å². The predicted octanol–water partition coefficient (Wildman–Crippen LogP) is 1.21. The Kier molecular flexibility index (Phi) is 4.50. The van der Waals surface area contributed by atoms with E-state index in [9.17, 15) is 14.7 Å². The number of hydrogen-bond donors (Lipinski definition) is 2. The second kappa shape index (κ2) is 6.15. The van der Waals surface area contributed by atoms with Gasteiger partial charge in [-0.25, -0.2) is 4.79 Å². The molecule has 2 rings (SSSR count). The number of carboxylic acid groups (broad SMARTS) is 1. The van der Waals surface area contributed by atoms with Gasteiger partial charge in [-0.2, -0.15) is 5.10 Å². The van der Waals surface area contributed by atoms with Crippen LogP contribution in [-0.2, 0) is 18.4 Å². The molecule has 2 amide bonds. The number of hydrogen-bond acceptors (Lipinski definition) is 3. The lowest BCUT2D eigenvalue weighted by atomic mass is 9.78. The zero-order valence-electron chi connectivity index (χ0n) is 12.5. The van der Waals surface area contributed by atoms with Crippen LogP contribution in [-0.4, -0.2) is 44.9 Å². The zero-order valence-corrected chi connectivity index (χ0v) is 12.5. The summed E-state index contributed by atoms with van der Waals surface area (Å²) in [6.07, 6.45) is 3.56. The van der Waals surface area contributed by atoms with Gasteiger partial charge in [-0.15, -0.1) is 0 Å². The molecule has 1 unspecified atom stereocenters. The number of amides is 2. The summed E-state index contributed by atoms with van der Waals surface area (Å²) in [5.41, 5.74) is 0.0996. The van der Waals surface area contributed by atoms with Gasteiger partial charge in [0.25, 0.3) is 0 Å². The topological polar surface area (TPSA) is 87.5 Å². The maximum absolute atomic E-state index is 12.2. The molecule has 7 heteroatoms. The predicted molar refractivity (Wildman–Crippen MR) is 76.6 cm³/mol. The largest absolute Gasteiger partial charge is 0.481 e. The molecule has 1 aliphatic rings. The van der Waals surface area contributed by atoms with Gasteiger partial charge in [0.1, 0.15) is 0 Å². The van der Waals surface area contributed by atoms with Crippen LogP contribution in [0.2, 0.25) is 0 Å². The van der Waals surface area contributed by atoms with Crippen molar-refractivity contribution in [3.05, 3.63) is 18.0 Å². The van der Waals surface area contributed by atoms with Crippen LogP contribution in [0.3, 0.4) is 0 Å². The Hall–Kier alpha value is -2.05. The van der Waals surface area contributed by atoms with Crippen LogP contribution in [0.4, 0.5) is 4.79 Å². The van der Waals surface area contributed by atoms with E-state index < -0.39 is 11.4 Å². The Bertz CT molecular complexity index is 528. The molecule has 2 heterocycles. The van der Waals surface area contributed by atoms with Crippen LogP contribution in [0.1, 0.15) is 31.9 Å². The summed E-state index contributed by atoms with van der Waals surface area (Å²) in [6, 6.07) is 1.62. The summed E-state index contributed by atoms with van der Waals surface area (Å²) in [5.74, 6) is -0.811. The molecule has 1 aliphatic heterocycles. The number of rotatable bonds is 4. The van der Waals surface area contributed by atoms with Gasteiger partial charge in [0.15, 0.2) is 0 Å². The quantitative estimate of drug-likeness (QED) is 0.873. The SMILES string of the molecule is CCC1(C(=O)O)CCCN(C(=O)NCc2ccnn2C)C1. The third kappa shape index (κ3) is 3.17. The van der Waals surface area contributed by atoms with Crippen LogP contribution in [0.15, 0.2) is 12.3 Å². The highest BCUT2D eigenvalue weighted by atomic mass is 16.4. The minimum absolute atomic E-state index is 0.213. The van der Waals surface area contributed by atoms with E-state index in [0.717, 1.165) is 12.1 Å². The molecule has 7 nitrogen and oxygen atoms in total. The molecule has 2 N–H and O–H groups in total. The summed E-state index contributed by atoms with van der Waals surface area (Å²) >= 11 is 0. The van der Waals surface area contributed by atoms with Crippen LogP contribution in [0, 0.1) is 5.41 Å². The summed E-state index contributed by atoms with van der Waals surface area (Å²) < 4.78 is 1.70. The molecule has 1 aromatic heterocycles. The van der Waals surface area contributed by atoms with Gasteiger partial charge < -0.3 is 15.3 Å². The number of piperidine rings is 1. The molecule has 116 valence electrons. The number of nitrogens with one attached hydrogen (secondary N) is 1. The van der Waals surface area contributed by atoms with E-state index in [4.69, 9.17) is 0 Å². The number of aromatic nitrogens is 2. The third-order valence-corrected chi connectivity index (χ3v) is 4.34. The third-order valence-electron chi connectivity index (χ3n) is 4.34. The van der Waals surface area contributed by atoms with E-state index >= 15 is 0 Å². The van der Waals surface area contributed by atoms with Crippen molar-refractivity contribution in [2.24, 2.45) is 12.5 Å². The van der Waals surface area contributed by atoms with E-state index in [2.05, 4.69) is 10.4 Å². The summed E-state index contributed by atoms with van der Waals surface area (Å²) in [4.78, 5) is 25.3. The lowest BCUT2D eigenvalue weighted by Gasteiger charge is -2.39. The van der Waals surface area contributed by atoms with Crippen LogP contribution < -0.4 is 5.32 Å². The second-order valence-corrected chi connectivity index (χ2v) is 5.57. The number of urea groups is 1. The maximum atomic E-state index is 12.2. The van der Waals surface area contributed by atoms with Crippen LogP contribution >= 0.6 is 0 Å². The molecular formula is C14H22N4O3. The fourth-order valence-electron chi connectivity index (χ4n) is 2.77. The first-order valence-electron chi connectivity index (χ1n) is 7.21. The fourth-order valence-corrected chi connectivity index (χ4v) is 2.77. The summed E-state index contributed by atoms with van der Waals surface area (Å²) in [7, 11) is 1.81. The van der Waals surface area contributed by atoms with Gasteiger partial charge in [-0.1, -0.05) is 6.92 Å². The molecule has 1 fully saturated rings. The van der Waals surface area contributed by atoms with E-state index in [0.29, 0.717) is 25.9 Å². The number of aryl methyl sites for hydroxylation is 1. The Morgan fingerprint density at radius 3 is 2.86 bits per heavy atom. The fraction of sp³-hybridized carbons (Fsp3) is 0.643. The van der Waals surface area contributed by atoms with E-state index in [1.165, 1.54) is 0 Å². The molecule has 1 aromatic rings. The summed E-state index contributed by atoms with van der Waals surface area (Å²) in [5, 5.41) is 16.3. The van der Waals surface area contributed by atoms with Crippen LogP contribution in [0.5, 0.6) is 0 Å². The summed E-state index contributed by atoms with van der Waals surface area (Å²) in [6.45, 7) is 3.13. The van der Waals surface area contributed by atoms with Gasteiger partial charge in [-0.3, -0.25) is 9.48 Å². The van der Waals surface area contributed by atoms with Crippen molar-refractivity contribution in [2.45, 2.75) is 32.7 Å². The lowest BCUT2D eigenvalue weighted by molar-refractivity contribution is -0.152. The molecular weight excluding hydrogens is 272 g/mol. The average molecular weight is 294 g/mol. The Labute approximate surface area is 123 Å². The average Bonchev–Trinajstić information content (AvgIpc) is 2.89. The first-order chi connectivity index (χ1) is 9.98. The molecule has 0 spiro atoms. The molecule has 21 heavy (non-hydrogen) atoms. The number of aliphatic carboxylic acids is 1. The smallest absolute Gasteiger partial charge is 0.317 e. The van der Waals surface area contributed by atoms with E-state index in [1.54, 1.807) is 15.8 Å². The monoisotopic (exact) mass is 294 g/mol. The van der Waals surface area contributed by atoms with Gasteiger partial charge in [0, 0.05) is 26.3 Å². The zero-order chi connectivity index (χ0) is 15.5.